The number of ether oxygens (including phenoxy) is 2. The fraction of sp³-hybridized carbons (Fsp3) is 0.448. The molecule has 0 saturated carbocycles. The van der Waals surface area contributed by atoms with Gasteiger partial charge < -0.3 is 19.3 Å². The van der Waals surface area contributed by atoms with Crippen LogP contribution in [0.4, 0.5) is 17.3 Å². The van der Waals surface area contributed by atoms with Crippen molar-refractivity contribution in [3.63, 3.8) is 0 Å². The molecule has 1 aliphatic rings. The van der Waals surface area contributed by atoms with E-state index in [0.717, 1.165) is 55.4 Å². The molecule has 0 spiro atoms. The number of carbonyl (C=O) groups excluding carboxylic acids is 1. The van der Waals surface area contributed by atoms with Crippen LogP contribution < -0.4 is 14.5 Å². The third kappa shape index (κ3) is 8.52. The summed E-state index contributed by atoms with van der Waals surface area (Å²) in [5.41, 5.74) is 1.94. The van der Waals surface area contributed by atoms with E-state index in [4.69, 9.17) is 19.4 Å². The van der Waals surface area contributed by atoms with Gasteiger partial charge in [0.05, 0.1) is 32.6 Å². The molecule has 1 aromatic heterocycles. The topological polar surface area (TPSA) is 108 Å². The van der Waals surface area contributed by atoms with Gasteiger partial charge in [-0.3, -0.25) is 24.7 Å². The highest BCUT2D eigenvalue weighted by Gasteiger charge is 2.24. The number of aldehydes is 1. The average molecular weight is 549 g/mol. The molecule has 214 valence electrons. The monoisotopic (exact) mass is 548 g/mol. The van der Waals surface area contributed by atoms with Crippen molar-refractivity contribution >= 4 is 43.3 Å². The Morgan fingerprint density at radius 3 is 2.52 bits per heavy atom. The van der Waals surface area contributed by atoms with Crippen LogP contribution in [0.1, 0.15) is 19.8 Å². The zero-order chi connectivity index (χ0) is 28.7. The van der Waals surface area contributed by atoms with E-state index in [2.05, 4.69) is 50.0 Å². The number of benzene rings is 1. The first kappa shape index (κ1) is 30.6. The Morgan fingerprint density at radius 1 is 1.15 bits per heavy atom. The molecule has 3 rings (SSSR count). The number of nitrogens with zero attached hydrogens (tertiary/aromatic N) is 8. The van der Waals surface area contributed by atoms with Crippen molar-refractivity contribution < 1.29 is 14.3 Å². The van der Waals surface area contributed by atoms with E-state index in [1.54, 1.807) is 7.11 Å². The molecule has 0 aliphatic carbocycles. The van der Waals surface area contributed by atoms with Gasteiger partial charge in [-0.1, -0.05) is 13.3 Å². The fourth-order valence-electron chi connectivity index (χ4n) is 4.18. The van der Waals surface area contributed by atoms with Gasteiger partial charge in [0.1, 0.15) is 11.4 Å². The van der Waals surface area contributed by atoms with Gasteiger partial charge in [0.2, 0.25) is 0 Å². The lowest BCUT2D eigenvalue weighted by Crippen LogP contribution is -2.38. The van der Waals surface area contributed by atoms with E-state index in [9.17, 15) is 4.79 Å². The molecular weight excluding hydrogens is 508 g/mol. The standard InChI is InChI=1S/C29H40N8O3/c1-6-7-12-36(14-13-35(4)22-32-20-23(21-38)19-30-2)28-26(31-3)29(37-15-17-40-18-16-37)34-27(33-28)24-8-10-25(39-5)11-9-24/h8-11,19-21H,2-3,6-7,12-18,22H2,1,4-5H3/b23-19+,32-20-. The maximum Gasteiger partial charge on any atom is 0.164 e. The summed E-state index contributed by atoms with van der Waals surface area (Å²) in [4.78, 5) is 40.1. The van der Waals surface area contributed by atoms with Gasteiger partial charge in [0.25, 0.3) is 0 Å². The van der Waals surface area contributed by atoms with E-state index >= 15 is 0 Å². The van der Waals surface area contributed by atoms with E-state index in [0.29, 0.717) is 56.3 Å². The van der Waals surface area contributed by atoms with E-state index in [-0.39, 0.29) is 0 Å². The number of aromatic nitrogens is 2. The smallest absolute Gasteiger partial charge is 0.164 e. The van der Waals surface area contributed by atoms with Crippen LogP contribution in [0.3, 0.4) is 0 Å². The molecular formula is C29H40N8O3. The maximum atomic E-state index is 11.1. The Hall–Kier alpha value is -3.96. The van der Waals surface area contributed by atoms with Crippen LogP contribution in [0.5, 0.6) is 5.75 Å². The Kier molecular flexibility index (Phi) is 12.4. The first-order valence-electron chi connectivity index (χ1n) is 13.4. The Bertz CT molecular complexity index is 1180. The minimum atomic E-state index is 0.373. The Labute approximate surface area is 237 Å². The average Bonchev–Trinajstić information content (AvgIpc) is 3.00. The van der Waals surface area contributed by atoms with Crippen molar-refractivity contribution in [2.75, 3.05) is 76.6 Å². The van der Waals surface area contributed by atoms with Crippen molar-refractivity contribution in [3.8, 4) is 17.1 Å². The minimum absolute atomic E-state index is 0.373. The lowest BCUT2D eigenvalue weighted by molar-refractivity contribution is -0.104. The number of hydrogen-bond donors (Lipinski definition) is 0. The number of methoxy groups -OCH3 is 1. The molecule has 40 heavy (non-hydrogen) atoms. The molecule has 1 saturated heterocycles. The van der Waals surface area contributed by atoms with Crippen LogP contribution in [0.25, 0.3) is 11.4 Å². The summed E-state index contributed by atoms with van der Waals surface area (Å²) in [5.74, 6) is 2.91. The maximum absolute atomic E-state index is 11.1. The molecule has 0 N–H and O–H groups in total. The summed E-state index contributed by atoms with van der Waals surface area (Å²) in [7, 11) is 3.63. The van der Waals surface area contributed by atoms with Gasteiger partial charge in [-0.15, -0.1) is 0 Å². The minimum Gasteiger partial charge on any atom is -0.497 e. The number of carbonyl (C=O) groups is 1. The second kappa shape index (κ2) is 16.2. The van der Waals surface area contributed by atoms with Crippen molar-refractivity contribution in [3.05, 3.63) is 36.0 Å². The summed E-state index contributed by atoms with van der Waals surface area (Å²) in [6.07, 6.45) is 5.63. The first-order chi connectivity index (χ1) is 19.5. The van der Waals surface area contributed by atoms with Gasteiger partial charge in [0, 0.05) is 50.7 Å². The summed E-state index contributed by atoms with van der Waals surface area (Å²) >= 11 is 0. The van der Waals surface area contributed by atoms with Crippen molar-refractivity contribution in [2.24, 2.45) is 15.0 Å². The van der Waals surface area contributed by atoms with Crippen LogP contribution in [-0.2, 0) is 9.53 Å². The van der Waals surface area contributed by atoms with Crippen LogP contribution in [0.15, 0.2) is 51.0 Å². The first-order valence-corrected chi connectivity index (χ1v) is 13.4. The summed E-state index contributed by atoms with van der Waals surface area (Å²) in [6, 6.07) is 7.75. The van der Waals surface area contributed by atoms with E-state index in [1.165, 1.54) is 12.4 Å². The molecule has 11 heteroatoms. The number of morpholine rings is 1. The second-order valence-corrected chi connectivity index (χ2v) is 9.33. The highest BCUT2D eigenvalue weighted by atomic mass is 16.5. The van der Waals surface area contributed by atoms with Gasteiger partial charge >= 0.3 is 0 Å². The molecule has 2 heterocycles. The van der Waals surface area contributed by atoms with Crippen LogP contribution in [0.2, 0.25) is 0 Å². The van der Waals surface area contributed by atoms with Crippen LogP contribution in [0, 0.1) is 0 Å². The predicted molar refractivity (Wildman–Crippen MR) is 163 cm³/mol. The largest absolute Gasteiger partial charge is 0.497 e. The number of likely N-dealkylation sites (N-methyl/N-ethyl adjacent to an activating group) is 1. The lowest BCUT2D eigenvalue weighted by Gasteiger charge is -2.32. The van der Waals surface area contributed by atoms with Gasteiger partial charge in [-0.05, 0) is 51.2 Å². The van der Waals surface area contributed by atoms with Crippen molar-refractivity contribution in [2.45, 2.75) is 19.8 Å². The molecule has 0 radical (unpaired) electrons. The van der Waals surface area contributed by atoms with Gasteiger partial charge in [0.15, 0.2) is 23.7 Å². The van der Waals surface area contributed by atoms with E-state index in [1.807, 2.05) is 31.3 Å². The quantitative estimate of drug-likeness (QED) is 0.178. The lowest BCUT2D eigenvalue weighted by atomic mass is 10.2. The third-order valence-corrected chi connectivity index (χ3v) is 6.44. The van der Waals surface area contributed by atoms with E-state index < -0.39 is 0 Å². The summed E-state index contributed by atoms with van der Waals surface area (Å²) in [5, 5.41) is 0. The molecule has 0 atom stereocenters. The molecule has 1 fully saturated rings. The Balaban J connectivity index is 1.95. The Morgan fingerprint density at radius 2 is 1.90 bits per heavy atom. The zero-order valence-electron chi connectivity index (χ0n) is 23.8. The second-order valence-electron chi connectivity index (χ2n) is 9.33. The van der Waals surface area contributed by atoms with Gasteiger partial charge in [-0.2, -0.15) is 0 Å². The highest BCUT2D eigenvalue weighted by molar-refractivity contribution is 6.01. The molecule has 0 bridgehead atoms. The highest BCUT2D eigenvalue weighted by Crippen LogP contribution is 2.38. The van der Waals surface area contributed by atoms with Gasteiger partial charge in [-0.25, -0.2) is 9.97 Å². The molecule has 1 aromatic carbocycles. The summed E-state index contributed by atoms with van der Waals surface area (Å²) < 4.78 is 10.9. The van der Waals surface area contributed by atoms with Crippen LogP contribution in [-0.4, -0.2) is 108 Å². The predicted octanol–water partition coefficient (Wildman–Crippen LogP) is 3.67. The summed E-state index contributed by atoms with van der Waals surface area (Å²) in [6.45, 7) is 14.8. The zero-order valence-corrected chi connectivity index (χ0v) is 23.8. The number of anilines is 2. The molecule has 0 unspecified atom stereocenters. The number of allylic oxidation sites excluding steroid dienone is 1. The molecule has 2 aromatic rings. The normalized spacial score (nSPS) is 14.0. The third-order valence-electron chi connectivity index (χ3n) is 6.44. The molecule has 0 amide bonds. The van der Waals surface area contributed by atoms with Crippen LogP contribution >= 0.6 is 0 Å². The number of rotatable bonds is 16. The number of hydrogen-bond acceptors (Lipinski definition) is 11. The SMILES string of the molecule is C=N/C=C(C=O)\C=N/CN(C)CCN(CCCC)c1nc(-c2ccc(OC)cc2)nc(N2CCOCC2)c1N=C. The van der Waals surface area contributed by atoms with Crippen molar-refractivity contribution in [1.29, 1.82) is 0 Å². The number of unbranched alkanes of at least 4 members (excludes halogenated alkanes) is 1. The van der Waals surface area contributed by atoms with Crippen molar-refractivity contribution in [1.82, 2.24) is 14.9 Å². The molecule has 11 nitrogen and oxygen atoms in total. The fourth-order valence-corrected chi connectivity index (χ4v) is 4.18. The molecule has 1 aliphatic heterocycles. The number of aliphatic imine (C=N–C) groups is 3.